The van der Waals surface area contributed by atoms with Gasteiger partial charge in [0, 0.05) is 16.2 Å². The molecule has 2 aromatic carbocycles. The van der Waals surface area contributed by atoms with E-state index in [2.05, 4.69) is 70.6 Å². The highest BCUT2D eigenvalue weighted by atomic mass is 79.9. The Kier molecular flexibility index (Phi) is 3.61. The molecule has 0 amide bonds. The van der Waals surface area contributed by atoms with Crippen molar-refractivity contribution >= 4 is 21.6 Å². The molecular formula is C17H18BrN. The number of fused-ring (bicyclic) bond motifs is 1. The summed E-state index contributed by atoms with van der Waals surface area (Å²) in [6, 6.07) is 15.8. The van der Waals surface area contributed by atoms with Crippen molar-refractivity contribution in [3.05, 3.63) is 63.6 Å². The highest BCUT2D eigenvalue weighted by molar-refractivity contribution is 9.10. The van der Waals surface area contributed by atoms with Gasteiger partial charge in [-0.3, -0.25) is 0 Å². The van der Waals surface area contributed by atoms with Crippen LogP contribution in [0.15, 0.2) is 46.9 Å². The summed E-state index contributed by atoms with van der Waals surface area (Å²) in [4.78, 5) is 0. The maximum atomic E-state index is 3.68. The van der Waals surface area contributed by atoms with E-state index in [1.165, 1.54) is 35.2 Å². The predicted molar refractivity (Wildman–Crippen MR) is 84.8 cm³/mol. The zero-order valence-electron chi connectivity index (χ0n) is 11.1. The van der Waals surface area contributed by atoms with Gasteiger partial charge in [0.25, 0.3) is 0 Å². The van der Waals surface area contributed by atoms with Gasteiger partial charge in [-0.1, -0.05) is 30.3 Å². The molecule has 0 aliphatic heterocycles. The molecule has 0 saturated carbocycles. The van der Waals surface area contributed by atoms with Crippen molar-refractivity contribution < 1.29 is 0 Å². The van der Waals surface area contributed by atoms with Gasteiger partial charge in [0.15, 0.2) is 0 Å². The Morgan fingerprint density at radius 1 is 1.11 bits per heavy atom. The fourth-order valence-corrected chi connectivity index (χ4v) is 3.15. The second kappa shape index (κ2) is 5.38. The molecule has 3 rings (SSSR count). The Balaban J connectivity index is 1.77. The van der Waals surface area contributed by atoms with Crippen LogP contribution in [0.2, 0.25) is 0 Å². The van der Waals surface area contributed by atoms with Crippen molar-refractivity contribution in [2.24, 2.45) is 0 Å². The molecule has 1 aliphatic carbocycles. The molecule has 1 atom stereocenters. The Bertz CT molecular complexity index is 592. The van der Waals surface area contributed by atoms with Crippen LogP contribution in [0.3, 0.4) is 0 Å². The Morgan fingerprint density at radius 2 is 1.89 bits per heavy atom. The maximum absolute atomic E-state index is 3.68. The third kappa shape index (κ3) is 2.84. The van der Waals surface area contributed by atoms with Crippen LogP contribution in [-0.4, -0.2) is 6.04 Å². The normalized spacial score (nSPS) is 17.9. The number of halogens is 1. The molecule has 1 N–H and O–H groups in total. The molecule has 19 heavy (non-hydrogen) atoms. The number of anilines is 1. The van der Waals surface area contributed by atoms with Crippen LogP contribution in [0.25, 0.3) is 0 Å². The first kappa shape index (κ1) is 12.7. The fourth-order valence-electron chi connectivity index (χ4n) is 2.79. The minimum atomic E-state index is 0.535. The maximum Gasteiger partial charge on any atom is 0.0489 e. The summed E-state index contributed by atoms with van der Waals surface area (Å²) in [6.07, 6.45) is 3.51. The smallest absolute Gasteiger partial charge is 0.0489 e. The van der Waals surface area contributed by atoms with E-state index in [1.807, 2.05) is 0 Å². The lowest BCUT2D eigenvalue weighted by atomic mass is 9.88. The average Bonchev–Trinajstić information content (AvgIpc) is 2.43. The van der Waals surface area contributed by atoms with Gasteiger partial charge in [-0.25, -0.2) is 0 Å². The minimum absolute atomic E-state index is 0.535. The second-order valence-electron chi connectivity index (χ2n) is 5.34. The quantitative estimate of drug-likeness (QED) is 0.845. The van der Waals surface area contributed by atoms with E-state index < -0.39 is 0 Å². The number of benzene rings is 2. The summed E-state index contributed by atoms with van der Waals surface area (Å²) in [5.41, 5.74) is 5.52. The fraction of sp³-hybridized carbons (Fsp3) is 0.294. The molecule has 0 aromatic heterocycles. The molecule has 0 saturated heterocycles. The van der Waals surface area contributed by atoms with Crippen LogP contribution in [0.5, 0.6) is 0 Å². The Morgan fingerprint density at radius 3 is 2.74 bits per heavy atom. The third-order valence-electron chi connectivity index (χ3n) is 3.83. The Labute approximate surface area is 123 Å². The van der Waals surface area contributed by atoms with Crippen molar-refractivity contribution in [3.63, 3.8) is 0 Å². The van der Waals surface area contributed by atoms with Crippen molar-refractivity contribution in [1.82, 2.24) is 0 Å². The van der Waals surface area contributed by atoms with Gasteiger partial charge >= 0.3 is 0 Å². The van der Waals surface area contributed by atoms with Crippen LogP contribution < -0.4 is 5.32 Å². The first-order valence-corrected chi connectivity index (χ1v) is 7.61. The molecule has 0 radical (unpaired) electrons. The van der Waals surface area contributed by atoms with Crippen molar-refractivity contribution in [2.45, 2.75) is 32.2 Å². The third-order valence-corrected chi connectivity index (χ3v) is 4.52. The monoisotopic (exact) mass is 315 g/mol. The van der Waals surface area contributed by atoms with Crippen molar-refractivity contribution in [3.8, 4) is 0 Å². The number of hydrogen-bond donors (Lipinski definition) is 1. The van der Waals surface area contributed by atoms with Gasteiger partial charge in [0.1, 0.15) is 0 Å². The van der Waals surface area contributed by atoms with Crippen LogP contribution in [0, 0.1) is 6.92 Å². The van der Waals surface area contributed by atoms with Gasteiger partial charge in [0.05, 0.1) is 0 Å². The lowest BCUT2D eigenvalue weighted by Gasteiger charge is -2.27. The molecule has 2 aromatic rings. The zero-order valence-corrected chi connectivity index (χ0v) is 12.7. The first-order valence-electron chi connectivity index (χ1n) is 6.82. The highest BCUT2D eigenvalue weighted by Gasteiger charge is 2.18. The average molecular weight is 316 g/mol. The van der Waals surface area contributed by atoms with E-state index >= 15 is 0 Å². The summed E-state index contributed by atoms with van der Waals surface area (Å²) >= 11 is 3.63. The van der Waals surface area contributed by atoms with Crippen LogP contribution >= 0.6 is 15.9 Å². The van der Waals surface area contributed by atoms with Crippen LogP contribution in [0.4, 0.5) is 5.69 Å². The summed E-state index contributed by atoms with van der Waals surface area (Å²) in [6.45, 7) is 2.13. The van der Waals surface area contributed by atoms with E-state index in [4.69, 9.17) is 0 Å². The molecule has 0 spiro atoms. The SMILES string of the molecule is Cc1ccc(Br)c(NC2CCc3ccccc3C2)c1. The molecule has 2 heteroatoms. The lowest BCUT2D eigenvalue weighted by molar-refractivity contribution is 0.610. The molecule has 0 fully saturated rings. The number of aryl methyl sites for hydroxylation is 2. The largest absolute Gasteiger partial charge is 0.381 e. The molecular weight excluding hydrogens is 298 g/mol. The van der Waals surface area contributed by atoms with Crippen LogP contribution in [-0.2, 0) is 12.8 Å². The van der Waals surface area contributed by atoms with E-state index in [9.17, 15) is 0 Å². The van der Waals surface area contributed by atoms with E-state index in [0.717, 1.165) is 10.9 Å². The number of rotatable bonds is 2. The molecule has 1 aliphatic rings. The van der Waals surface area contributed by atoms with Crippen molar-refractivity contribution in [2.75, 3.05) is 5.32 Å². The summed E-state index contributed by atoms with van der Waals surface area (Å²) in [5.74, 6) is 0. The van der Waals surface area contributed by atoms with Gasteiger partial charge in [-0.15, -0.1) is 0 Å². The van der Waals surface area contributed by atoms with Gasteiger partial charge < -0.3 is 5.32 Å². The van der Waals surface area contributed by atoms with Gasteiger partial charge in [0.2, 0.25) is 0 Å². The summed E-state index contributed by atoms with van der Waals surface area (Å²) in [7, 11) is 0. The molecule has 1 unspecified atom stereocenters. The standard InChI is InChI=1S/C17H18BrN/c1-12-6-9-16(18)17(10-12)19-15-8-7-13-4-2-3-5-14(13)11-15/h2-6,9-10,15,19H,7-8,11H2,1H3. The first-order chi connectivity index (χ1) is 9.22. The minimum Gasteiger partial charge on any atom is -0.381 e. The van der Waals surface area contributed by atoms with Crippen LogP contribution in [0.1, 0.15) is 23.1 Å². The lowest BCUT2D eigenvalue weighted by Crippen LogP contribution is -2.27. The number of nitrogens with one attached hydrogen (secondary N) is 1. The molecule has 1 nitrogen and oxygen atoms in total. The molecule has 98 valence electrons. The van der Waals surface area contributed by atoms with Gasteiger partial charge in [-0.2, -0.15) is 0 Å². The van der Waals surface area contributed by atoms with E-state index in [0.29, 0.717) is 6.04 Å². The predicted octanol–water partition coefficient (Wildman–Crippen LogP) is 4.73. The summed E-state index contributed by atoms with van der Waals surface area (Å²) < 4.78 is 1.15. The second-order valence-corrected chi connectivity index (χ2v) is 6.19. The van der Waals surface area contributed by atoms with E-state index in [1.54, 1.807) is 0 Å². The topological polar surface area (TPSA) is 12.0 Å². The van der Waals surface area contributed by atoms with Crippen molar-refractivity contribution in [1.29, 1.82) is 0 Å². The Hall–Kier alpha value is -1.28. The zero-order chi connectivity index (χ0) is 13.2. The highest BCUT2D eigenvalue weighted by Crippen LogP contribution is 2.28. The molecule has 0 heterocycles. The van der Waals surface area contributed by atoms with Gasteiger partial charge in [-0.05, 0) is 70.9 Å². The summed E-state index contributed by atoms with van der Waals surface area (Å²) in [5, 5.41) is 3.68. The van der Waals surface area contributed by atoms with E-state index in [-0.39, 0.29) is 0 Å². The molecule has 0 bridgehead atoms. The number of hydrogen-bond acceptors (Lipinski definition) is 1.